The van der Waals surface area contributed by atoms with Crippen LogP contribution >= 0.6 is 15.9 Å². The minimum atomic E-state index is -0.906. The Balaban J connectivity index is 1.84. The van der Waals surface area contributed by atoms with Crippen molar-refractivity contribution in [3.8, 4) is 17.2 Å². The fraction of sp³-hybridized carbons (Fsp3) is 0.160. The molecule has 33 heavy (non-hydrogen) atoms. The molecule has 0 spiro atoms. The van der Waals surface area contributed by atoms with Crippen LogP contribution in [0.25, 0.3) is 0 Å². The highest BCUT2D eigenvalue weighted by atomic mass is 79.9. The molecule has 0 aliphatic heterocycles. The highest BCUT2D eigenvalue weighted by molar-refractivity contribution is 9.10. The van der Waals surface area contributed by atoms with E-state index in [0.717, 1.165) is 11.1 Å². The van der Waals surface area contributed by atoms with Crippen LogP contribution in [0.2, 0.25) is 0 Å². The first kappa shape index (κ1) is 24.2. The van der Waals surface area contributed by atoms with Gasteiger partial charge in [-0.05, 0) is 48.9 Å². The molecule has 0 aliphatic carbocycles. The molecule has 1 unspecified atom stereocenters. The van der Waals surface area contributed by atoms with Gasteiger partial charge >= 0.3 is 5.97 Å². The van der Waals surface area contributed by atoms with Crippen LogP contribution in [0.5, 0.6) is 17.2 Å². The predicted octanol–water partition coefficient (Wildman–Crippen LogP) is 3.98. The van der Waals surface area contributed by atoms with Gasteiger partial charge in [-0.15, -0.1) is 0 Å². The van der Waals surface area contributed by atoms with Crippen molar-refractivity contribution < 1.29 is 29.6 Å². The molecule has 0 aliphatic rings. The van der Waals surface area contributed by atoms with Crippen LogP contribution in [-0.2, 0) is 11.2 Å². The lowest BCUT2D eigenvalue weighted by Crippen LogP contribution is -2.24. The Bertz CT molecular complexity index is 1170. The first-order valence-electron chi connectivity index (χ1n) is 10.0. The van der Waals surface area contributed by atoms with Crippen molar-refractivity contribution in [2.45, 2.75) is 19.4 Å². The molecule has 0 bridgehead atoms. The molecule has 0 saturated heterocycles. The van der Waals surface area contributed by atoms with Gasteiger partial charge in [0.05, 0.1) is 5.56 Å². The zero-order valence-corrected chi connectivity index (χ0v) is 19.3. The Morgan fingerprint density at radius 3 is 2.36 bits per heavy atom. The summed E-state index contributed by atoms with van der Waals surface area (Å²) < 4.78 is 5.89. The Morgan fingerprint density at radius 2 is 1.73 bits per heavy atom. The number of carbonyl (C=O) groups excluding carboxylic acids is 2. The first-order valence-corrected chi connectivity index (χ1v) is 10.8. The summed E-state index contributed by atoms with van der Waals surface area (Å²) in [6, 6.07) is 15.2. The number of rotatable bonds is 8. The van der Waals surface area contributed by atoms with Crippen LogP contribution in [0.1, 0.15) is 27.0 Å². The Hall–Kier alpha value is -3.49. The molecular formula is C25H22BrNO6. The molecule has 0 saturated carbocycles. The topological polar surface area (TPSA) is 116 Å². The maximum Gasteiger partial charge on any atom is 0.343 e. The number of ketones is 1. The number of hydrogen-bond donors (Lipinski definition) is 3. The number of benzene rings is 3. The summed E-state index contributed by atoms with van der Waals surface area (Å²) in [5.74, 6) is -1.42. The van der Waals surface area contributed by atoms with Gasteiger partial charge in [-0.1, -0.05) is 45.8 Å². The van der Waals surface area contributed by atoms with Crippen molar-refractivity contribution >= 4 is 33.9 Å². The third-order valence-electron chi connectivity index (χ3n) is 4.85. The van der Waals surface area contributed by atoms with Crippen molar-refractivity contribution in [2.75, 3.05) is 6.61 Å². The van der Waals surface area contributed by atoms with E-state index in [1.807, 2.05) is 6.92 Å². The van der Waals surface area contributed by atoms with Gasteiger partial charge in [0.2, 0.25) is 0 Å². The van der Waals surface area contributed by atoms with Gasteiger partial charge in [-0.2, -0.15) is 0 Å². The van der Waals surface area contributed by atoms with Crippen molar-refractivity contribution in [1.29, 1.82) is 0 Å². The average molecular weight is 512 g/mol. The van der Waals surface area contributed by atoms with Crippen LogP contribution in [0.4, 0.5) is 0 Å². The minimum absolute atomic E-state index is 0.0695. The normalized spacial score (nSPS) is 12.0. The molecule has 0 aromatic heterocycles. The summed E-state index contributed by atoms with van der Waals surface area (Å²) in [6.07, 6.45) is 1.49. The van der Waals surface area contributed by atoms with E-state index in [1.165, 1.54) is 24.4 Å². The molecule has 3 rings (SSSR count). The van der Waals surface area contributed by atoms with Gasteiger partial charge in [-0.3, -0.25) is 9.79 Å². The largest absolute Gasteiger partial charge is 0.508 e. The SMILES string of the molecule is Cc1ccc(C(=O)Oc2cc(Br)cc(/C=N\C(Cc3ccc(O)cc3)C(=O)CO)c2O)cc1. The molecule has 8 heteroatoms. The van der Waals surface area contributed by atoms with Crippen molar-refractivity contribution in [2.24, 2.45) is 4.99 Å². The molecule has 0 heterocycles. The molecule has 170 valence electrons. The smallest absolute Gasteiger partial charge is 0.343 e. The van der Waals surface area contributed by atoms with Crippen LogP contribution in [0.3, 0.4) is 0 Å². The number of hydrogen-bond acceptors (Lipinski definition) is 7. The molecule has 0 fully saturated rings. The number of carbonyl (C=O) groups is 2. The number of esters is 1. The zero-order valence-electron chi connectivity index (χ0n) is 17.7. The lowest BCUT2D eigenvalue weighted by atomic mass is 10.0. The third-order valence-corrected chi connectivity index (χ3v) is 5.30. The number of nitrogens with zero attached hydrogens (tertiary/aromatic N) is 1. The molecule has 0 amide bonds. The van der Waals surface area contributed by atoms with Crippen molar-refractivity contribution in [3.63, 3.8) is 0 Å². The minimum Gasteiger partial charge on any atom is -0.508 e. The molecule has 3 aromatic rings. The molecule has 3 aromatic carbocycles. The predicted molar refractivity (Wildman–Crippen MR) is 127 cm³/mol. The summed E-state index contributed by atoms with van der Waals surface area (Å²) in [5.41, 5.74) is 2.28. The van der Waals surface area contributed by atoms with Crippen molar-refractivity contribution in [3.05, 3.63) is 87.4 Å². The number of aryl methyl sites for hydroxylation is 1. The number of phenols is 2. The summed E-state index contributed by atoms with van der Waals surface area (Å²) >= 11 is 3.32. The van der Waals surface area contributed by atoms with E-state index in [9.17, 15) is 24.9 Å². The lowest BCUT2D eigenvalue weighted by molar-refractivity contribution is -0.122. The van der Waals surface area contributed by atoms with E-state index >= 15 is 0 Å². The van der Waals surface area contributed by atoms with Gasteiger partial charge in [0, 0.05) is 22.7 Å². The number of Topliss-reactive ketones (excluding diaryl/α,β-unsaturated/α-hetero) is 1. The number of aliphatic imine (C=N–C) groups is 1. The second kappa shape index (κ2) is 10.9. The maximum absolute atomic E-state index is 12.4. The van der Waals surface area contributed by atoms with E-state index in [4.69, 9.17) is 4.74 Å². The fourth-order valence-electron chi connectivity index (χ4n) is 3.00. The summed E-state index contributed by atoms with van der Waals surface area (Å²) in [6.45, 7) is 1.21. The third kappa shape index (κ3) is 6.50. The number of phenolic OH excluding ortho intramolecular Hbond substituents is 2. The van der Waals surface area contributed by atoms with Gasteiger partial charge < -0.3 is 20.1 Å². The van der Waals surface area contributed by atoms with Gasteiger partial charge in [0.25, 0.3) is 0 Å². The molecule has 0 radical (unpaired) electrons. The van der Waals surface area contributed by atoms with E-state index in [1.54, 1.807) is 42.5 Å². The number of halogens is 1. The summed E-state index contributed by atoms with van der Waals surface area (Å²) in [7, 11) is 0. The fourth-order valence-corrected chi connectivity index (χ4v) is 3.45. The van der Waals surface area contributed by atoms with E-state index in [2.05, 4.69) is 20.9 Å². The highest BCUT2D eigenvalue weighted by Gasteiger charge is 2.18. The average Bonchev–Trinajstić information content (AvgIpc) is 2.80. The quantitative estimate of drug-likeness (QED) is 0.239. The zero-order chi connectivity index (χ0) is 24.0. The Morgan fingerprint density at radius 1 is 1.06 bits per heavy atom. The molecule has 7 nitrogen and oxygen atoms in total. The lowest BCUT2D eigenvalue weighted by Gasteiger charge is -2.12. The van der Waals surface area contributed by atoms with Crippen molar-refractivity contribution in [1.82, 2.24) is 0 Å². The molecular weight excluding hydrogens is 490 g/mol. The van der Waals surface area contributed by atoms with Gasteiger partial charge in [-0.25, -0.2) is 4.79 Å². The Labute approximate surface area is 199 Å². The maximum atomic E-state index is 12.4. The molecule has 3 N–H and O–H groups in total. The van der Waals surface area contributed by atoms with E-state index < -0.39 is 24.4 Å². The first-order chi connectivity index (χ1) is 15.8. The van der Waals surface area contributed by atoms with Crippen LogP contribution in [0.15, 0.2) is 70.1 Å². The number of aliphatic hydroxyl groups excluding tert-OH is 1. The number of aliphatic hydroxyl groups is 1. The second-order valence-electron chi connectivity index (χ2n) is 7.39. The standard InChI is InChI=1S/C25H22BrNO6/c1-15-2-6-17(7-3-15)25(32)33-23-12-19(26)11-18(24(23)31)13-27-21(22(30)14-28)10-16-4-8-20(29)9-5-16/h2-9,11-13,21,28-29,31H,10,14H2,1H3/b27-13-. The number of ether oxygens (including phenoxy) is 1. The highest BCUT2D eigenvalue weighted by Crippen LogP contribution is 2.33. The monoisotopic (exact) mass is 511 g/mol. The number of aromatic hydroxyl groups is 2. The summed E-state index contributed by atoms with van der Waals surface area (Å²) in [5, 5.41) is 29.4. The molecule has 1 atom stereocenters. The van der Waals surface area contributed by atoms with E-state index in [-0.39, 0.29) is 29.2 Å². The van der Waals surface area contributed by atoms with Crippen LogP contribution in [-0.4, -0.2) is 45.9 Å². The van der Waals surface area contributed by atoms with E-state index in [0.29, 0.717) is 10.0 Å². The van der Waals surface area contributed by atoms with Gasteiger partial charge in [0.15, 0.2) is 17.3 Å². The summed E-state index contributed by atoms with van der Waals surface area (Å²) in [4.78, 5) is 28.9. The Kier molecular flexibility index (Phi) is 7.97. The van der Waals surface area contributed by atoms with Gasteiger partial charge in [0.1, 0.15) is 18.4 Å². The van der Waals surface area contributed by atoms with Crippen LogP contribution in [0, 0.1) is 6.92 Å². The van der Waals surface area contributed by atoms with Crippen LogP contribution < -0.4 is 4.74 Å². The second-order valence-corrected chi connectivity index (χ2v) is 8.30.